The molecule has 0 unspecified atom stereocenters. The lowest BCUT2D eigenvalue weighted by Gasteiger charge is -2.01. The molecule has 0 spiro atoms. The zero-order valence-corrected chi connectivity index (χ0v) is 10.1. The first kappa shape index (κ1) is 11.1. The average Bonchev–Trinajstić information content (AvgIpc) is 2.89. The Morgan fingerprint density at radius 1 is 1.50 bits per heavy atom. The topological polar surface area (TPSA) is 68.0 Å². The Morgan fingerprint density at radius 3 is 3.00 bits per heavy atom. The van der Waals surface area contributed by atoms with Crippen molar-refractivity contribution in [3.05, 3.63) is 33.5 Å². The molecular weight excluding hydrogens is 242 g/mol. The summed E-state index contributed by atoms with van der Waals surface area (Å²) < 4.78 is 0. The zero-order chi connectivity index (χ0) is 11.4. The van der Waals surface area contributed by atoms with Gasteiger partial charge in [-0.1, -0.05) is 0 Å². The van der Waals surface area contributed by atoms with E-state index in [1.165, 1.54) is 16.9 Å². The van der Waals surface area contributed by atoms with Crippen LogP contribution in [0.1, 0.15) is 16.1 Å². The molecule has 0 saturated heterocycles. The van der Waals surface area contributed by atoms with Crippen LogP contribution in [0.2, 0.25) is 0 Å². The standard InChI is InChI=1S/C10H11N3OS2/c11-10-13-8(6-16-10)9(14)12-3-1-7-2-4-15-5-7/h2,4-6H,1,3H2,(H2,11,13)(H,12,14). The monoisotopic (exact) mass is 253 g/mol. The van der Waals surface area contributed by atoms with Crippen LogP contribution in [0, 0.1) is 0 Å². The summed E-state index contributed by atoms with van der Waals surface area (Å²) in [6.07, 6.45) is 0.842. The predicted molar refractivity (Wildman–Crippen MR) is 66.9 cm³/mol. The third-order valence-corrected chi connectivity index (χ3v) is 3.44. The minimum absolute atomic E-state index is 0.164. The van der Waals surface area contributed by atoms with E-state index in [4.69, 9.17) is 5.73 Å². The van der Waals surface area contributed by atoms with Gasteiger partial charge in [-0.15, -0.1) is 11.3 Å². The molecule has 1 amide bonds. The van der Waals surface area contributed by atoms with Gasteiger partial charge < -0.3 is 11.1 Å². The van der Waals surface area contributed by atoms with Gasteiger partial charge in [0.2, 0.25) is 0 Å². The Hall–Kier alpha value is -1.40. The maximum absolute atomic E-state index is 11.6. The van der Waals surface area contributed by atoms with Gasteiger partial charge in [0.1, 0.15) is 5.69 Å². The van der Waals surface area contributed by atoms with Crippen LogP contribution in [-0.2, 0) is 6.42 Å². The van der Waals surface area contributed by atoms with Crippen LogP contribution in [0.25, 0.3) is 0 Å². The molecule has 0 aromatic carbocycles. The number of nitrogens with one attached hydrogen (secondary N) is 1. The van der Waals surface area contributed by atoms with Crippen molar-refractivity contribution >= 4 is 33.7 Å². The highest BCUT2D eigenvalue weighted by Gasteiger charge is 2.08. The second-order valence-electron chi connectivity index (χ2n) is 3.21. The SMILES string of the molecule is Nc1nc(C(=O)NCCc2ccsc2)cs1. The van der Waals surface area contributed by atoms with Crippen LogP contribution in [0.15, 0.2) is 22.2 Å². The molecule has 16 heavy (non-hydrogen) atoms. The number of hydrogen-bond acceptors (Lipinski definition) is 5. The molecule has 0 bridgehead atoms. The predicted octanol–water partition coefficient (Wildman–Crippen LogP) is 1.76. The number of rotatable bonds is 4. The minimum atomic E-state index is -0.164. The molecule has 84 valence electrons. The van der Waals surface area contributed by atoms with Gasteiger partial charge in [0.15, 0.2) is 5.13 Å². The molecule has 4 nitrogen and oxygen atoms in total. The average molecular weight is 253 g/mol. The Morgan fingerprint density at radius 2 is 2.38 bits per heavy atom. The summed E-state index contributed by atoms with van der Waals surface area (Å²) in [5, 5.41) is 8.99. The molecule has 0 atom stereocenters. The van der Waals surface area contributed by atoms with E-state index in [0.717, 1.165) is 6.42 Å². The van der Waals surface area contributed by atoms with Gasteiger partial charge in [-0.3, -0.25) is 4.79 Å². The van der Waals surface area contributed by atoms with Crippen molar-refractivity contribution in [2.75, 3.05) is 12.3 Å². The quantitative estimate of drug-likeness (QED) is 0.872. The number of carbonyl (C=O) groups is 1. The first-order valence-electron chi connectivity index (χ1n) is 4.76. The lowest BCUT2D eigenvalue weighted by Crippen LogP contribution is -2.25. The number of hydrogen-bond donors (Lipinski definition) is 2. The molecule has 0 saturated carbocycles. The third kappa shape index (κ3) is 2.80. The number of carbonyl (C=O) groups excluding carboxylic acids is 1. The number of amides is 1. The molecule has 3 N–H and O–H groups in total. The van der Waals surface area contributed by atoms with E-state index >= 15 is 0 Å². The number of aromatic nitrogens is 1. The Bertz CT molecular complexity index is 464. The molecule has 0 aliphatic rings. The van der Waals surface area contributed by atoms with Gasteiger partial charge >= 0.3 is 0 Å². The summed E-state index contributed by atoms with van der Waals surface area (Å²) >= 11 is 2.93. The van der Waals surface area contributed by atoms with E-state index in [9.17, 15) is 4.79 Å². The van der Waals surface area contributed by atoms with E-state index < -0.39 is 0 Å². The molecular formula is C10H11N3OS2. The minimum Gasteiger partial charge on any atom is -0.375 e. The zero-order valence-electron chi connectivity index (χ0n) is 8.47. The van der Waals surface area contributed by atoms with Gasteiger partial charge in [-0.2, -0.15) is 11.3 Å². The lowest BCUT2D eigenvalue weighted by molar-refractivity contribution is 0.0950. The number of anilines is 1. The highest BCUT2D eigenvalue weighted by molar-refractivity contribution is 7.13. The Balaban J connectivity index is 1.80. The van der Waals surface area contributed by atoms with Gasteiger partial charge in [-0.25, -0.2) is 4.98 Å². The normalized spacial score (nSPS) is 10.2. The van der Waals surface area contributed by atoms with Crippen LogP contribution in [0.5, 0.6) is 0 Å². The number of nitrogen functional groups attached to an aromatic ring is 1. The number of thiophene rings is 1. The molecule has 0 aliphatic carbocycles. The van der Waals surface area contributed by atoms with Crippen molar-refractivity contribution < 1.29 is 4.79 Å². The molecule has 2 heterocycles. The van der Waals surface area contributed by atoms with Crippen molar-refractivity contribution in [1.82, 2.24) is 10.3 Å². The first-order valence-corrected chi connectivity index (χ1v) is 6.58. The van der Waals surface area contributed by atoms with Crippen LogP contribution in [0.4, 0.5) is 5.13 Å². The lowest BCUT2D eigenvalue weighted by atomic mass is 10.2. The molecule has 2 aromatic rings. The van der Waals surface area contributed by atoms with E-state index in [2.05, 4.69) is 21.7 Å². The number of nitrogens with zero attached hydrogens (tertiary/aromatic N) is 1. The van der Waals surface area contributed by atoms with E-state index in [0.29, 0.717) is 17.4 Å². The van der Waals surface area contributed by atoms with E-state index in [1.54, 1.807) is 16.7 Å². The maximum atomic E-state index is 11.6. The molecule has 6 heteroatoms. The van der Waals surface area contributed by atoms with Gasteiger partial charge in [0, 0.05) is 11.9 Å². The van der Waals surface area contributed by atoms with Crippen molar-refractivity contribution in [2.24, 2.45) is 0 Å². The van der Waals surface area contributed by atoms with Crippen LogP contribution in [0.3, 0.4) is 0 Å². The molecule has 0 aliphatic heterocycles. The van der Waals surface area contributed by atoms with Crippen molar-refractivity contribution in [3.63, 3.8) is 0 Å². The molecule has 0 fully saturated rings. The third-order valence-electron chi connectivity index (χ3n) is 2.03. The molecule has 2 aromatic heterocycles. The van der Waals surface area contributed by atoms with E-state index in [-0.39, 0.29) is 5.91 Å². The van der Waals surface area contributed by atoms with Gasteiger partial charge in [0.05, 0.1) is 0 Å². The Kier molecular flexibility index (Phi) is 3.53. The summed E-state index contributed by atoms with van der Waals surface area (Å²) in [7, 11) is 0. The smallest absolute Gasteiger partial charge is 0.270 e. The van der Waals surface area contributed by atoms with Crippen molar-refractivity contribution in [1.29, 1.82) is 0 Å². The fourth-order valence-electron chi connectivity index (χ4n) is 1.24. The number of thiazole rings is 1. The highest BCUT2D eigenvalue weighted by Crippen LogP contribution is 2.10. The summed E-state index contributed by atoms with van der Waals surface area (Å²) in [5.74, 6) is -0.164. The fourth-order valence-corrected chi connectivity index (χ4v) is 2.48. The largest absolute Gasteiger partial charge is 0.375 e. The number of nitrogens with two attached hydrogens (primary N) is 1. The second kappa shape index (κ2) is 5.09. The summed E-state index contributed by atoms with van der Waals surface area (Å²) in [5.41, 5.74) is 7.09. The maximum Gasteiger partial charge on any atom is 0.270 e. The first-order chi connectivity index (χ1) is 7.75. The summed E-state index contributed by atoms with van der Waals surface area (Å²) in [4.78, 5) is 15.5. The van der Waals surface area contributed by atoms with Gasteiger partial charge in [0.25, 0.3) is 5.91 Å². The highest BCUT2D eigenvalue weighted by atomic mass is 32.1. The summed E-state index contributed by atoms with van der Waals surface area (Å²) in [6, 6.07) is 2.05. The summed E-state index contributed by atoms with van der Waals surface area (Å²) in [6.45, 7) is 0.618. The van der Waals surface area contributed by atoms with Gasteiger partial charge in [-0.05, 0) is 28.8 Å². The van der Waals surface area contributed by atoms with Crippen LogP contribution in [-0.4, -0.2) is 17.4 Å². The molecule has 2 rings (SSSR count). The second-order valence-corrected chi connectivity index (χ2v) is 4.88. The van der Waals surface area contributed by atoms with Crippen LogP contribution >= 0.6 is 22.7 Å². The molecule has 0 radical (unpaired) electrons. The van der Waals surface area contributed by atoms with Crippen LogP contribution < -0.4 is 11.1 Å². The van der Waals surface area contributed by atoms with E-state index in [1.807, 2.05) is 5.38 Å². The fraction of sp³-hybridized carbons (Fsp3) is 0.200. The van der Waals surface area contributed by atoms with Crippen molar-refractivity contribution in [2.45, 2.75) is 6.42 Å². The Labute approximate surface area is 101 Å². The van der Waals surface area contributed by atoms with Crippen molar-refractivity contribution in [3.8, 4) is 0 Å².